The van der Waals surface area contributed by atoms with Crippen molar-refractivity contribution in [2.75, 3.05) is 37.7 Å². The zero-order valence-electron chi connectivity index (χ0n) is 13.4. The van der Waals surface area contributed by atoms with Crippen molar-refractivity contribution < 1.29 is 14.3 Å². The predicted octanol–water partition coefficient (Wildman–Crippen LogP) is 1.82. The molecule has 4 rings (SSSR count). The number of anilines is 1. The normalized spacial score (nSPS) is 20.1. The van der Waals surface area contributed by atoms with Gasteiger partial charge in [0, 0.05) is 24.6 Å². The molecule has 1 atom stereocenters. The number of halogens is 1. The van der Waals surface area contributed by atoms with Crippen LogP contribution in [0.25, 0.3) is 0 Å². The van der Waals surface area contributed by atoms with Crippen LogP contribution in [0.15, 0.2) is 24.3 Å². The maximum atomic E-state index is 12.8. The maximum absolute atomic E-state index is 12.8. The highest BCUT2D eigenvalue weighted by Gasteiger charge is 2.34. The second kappa shape index (κ2) is 7.15. The molecule has 0 unspecified atom stereocenters. The third-order valence-electron chi connectivity index (χ3n) is 4.31. The average Bonchev–Trinajstić information content (AvgIpc) is 3.06. The zero-order valence-corrected chi connectivity index (χ0v) is 15.0. The van der Waals surface area contributed by atoms with Crippen LogP contribution in [0.3, 0.4) is 0 Å². The molecular formula is C16H17ClN4O3S. The number of amides is 1. The van der Waals surface area contributed by atoms with Gasteiger partial charge in [-0.05, 0) is 12.1 Å². The lowest BCUT2D eigenvalue weighted by Gasteiger charge is -2.38. The Labute approximate surface area is 154 Å². The second-order valence-electron chi connectivity index (χ2n) is 5.89. The fourth-order valence-electron chi connectivity index (χ4n) is 3.04. The number of nitrogens with zero attached hydrogens (tertiary/aromatic N) is 4. The Hall–Kier alpha value is -1.90. The first kappa shape index (κ1) is 16.6. The molecule has 1 aromatic carbocycles. The van der Waals surface area contributed by atoms with Gasteiger partial charge in [0.15, 0.2) is 6.10 Å². The number of hydrogen-bond acceptors (Lipinski definition) is 7. The molecule has 9 heteroatoms. The van der Waals surface area contributed by atoms with E-state index in [1.807, 2.05) is 24.3 Å². The molecule has 1 amide bonds. The van der Waals surface area contributed by atoms with Gasteiger partial charge in [-0.2, -0.15) is 0 Å². The van der Waals surface area contributed by atoms with Crippen LogP contribution >= 0.6 is 23.1 Å². The first-order chi connectivity index (χ1) is 12.2. The van der Waals surface area contributed by atoms with Crippen molar-refractivity contribution >= 4 is 34.7 Å². The molecule has 0 saturated carbocycles. The first-order valence-electron chi connectivity index (χ1n) is 8.06. The molecule has 0 aliphatic carbocycles. The second-order valence-corrected chi connectivity index (χ2v) is 7.24. The van der Waals surface area contributed by atoms with Crippen LogP contribution in [0.5, 0.6) is 5.75 Å². The summed E-state index contributed by atoms with van der Waals surface area (Å²) in [6.45, 7) is 3.27. The molecule has 1 aromatic heterocycles. The molecule has 0 bridgehead atoms. The molecule has 0 radical (unpaired) electrons. The van der Waals surface area contributed by atoms with Crippen LogP contribution in [0, 0.1) is 0 Å². The van der Waals surface area contributed by atoms with Gasteiger partial charge in [-0.15, -0.1) is 5.10 Å². The van der Waals surface area contributed by atoms with E-state index in [0.717, 1.165) is 17.2 Å². The molecule has 2 aromatic rings. The van der Waals surface area contributed by atoms with Crippen molar-refractivity contribution in [3.05, 3.63) is 34.3 Å². The molecule has 3 heterocycles. The van der Waals surface area contributed by atoms with Gasteiger partial charge in [0.2, 0.25) is 0 Å². The summed E-state index contributed by atoms with van der Waals surface area (Å²) in [5.74, 6) is 0.685. The third-order valence-corrected chi connectivity index (χ3v) is 5.29. The van der Waals surface area contributed by atoms with Gasteiger partial charge in [-0.1, -0.05) is 28.2 Å². The van der Waals surface area contributed by atoms with Crippen LogP contribution in [0.4, 0.5) is 5.69 Å². The van der Waals surface area contributed by atoms with E-state index in [4.69, 9.17) is 21.1 Å². The van der Waals surface area contributed by atoms with Gasteiger partial charge in [0.1, 0.15) is 15.8 Å². The quantitative estimate of drug-likeness (QED) is 0.809. The Morgan fingerprint density at radius 3 is 2.88 bits per heavy atom. The Kier molecular flexibility index (Phi) is 4.74. The number of benzene rings is 1. The predicted molar refractivity (Wildman–Crippen MR) is 94.2 cm³/mol. The molecule has 0 N–H and O–H groups in total. The SMILES string of the molecule is O=C([C@@H]1CN(Cc2nnsc2Cl)c2ccccc2O1)N1CCOCC1. The van der Waals surface area contributed by atoms with Crippen molar-refractivity contribution in [1.82, 2.24) is 14.5 Å². The highest BCUT2D eigenvalue weighted by Crippen LogP contribution is 2.35. The minimum absolute atomic E-state index is 0.00898. The van der Waals surface area contributed by atoms with Crippen molar-refractivity contribution in [1.29, 1.82) is 0 Å². The lowest BCUT2D eigenvalue weighted by molar-refractivity contribution is -0.142. The van der Waals surface area contributed by atoms with E-state index in [-0.39, 0.29) is 5.91 Å². The van der Waals surface area contributed by atoms with Gasteiger partial charge >= 0.3 is 0 Å². The number of carbonyl (C=O) groups excluding carboxylic acids is 1. The summed E-state index contributed by atoms with van der Waals surface area (Å²) in [5, 5.41) is 4.08. The number of para-hydroxylation sites is 2. The molecule has 7 nitrogen and oxygen atoms in total. The Morgan fingerprint density at radius 2 is 2.12 bits per heavy atom. The number of ether oxygens (including phenoxy) is 2. The summed E-state index contributed by atoms with van der Waals surface area (Å²) in [4.78, 5) is 16.7. The maximum Gasteiger partial charge on any atom is 0.265 e. The fourth-order valence-corrected chi connectivity index (χ4v) is 3.66. The Balaban J connectivity index is 1.57. The minimum Gasteiger partial charge on any atom is -0.477 e. The van der Waals surface area contributed by atoms with Crippen LogP contribution in [0.1, 0.15) is 5.69 Å². The first-order valence-corrected chi connectivity index (χ1v) is 9.21. The fraction of sp³-hybridized carbons (Fsp3) is 0.438. The summed E-state index contributed by atoms with van der Waals surface area (Å²) in [5.41, 5.74) is 1.64. The van der Waals surface area contributed by atoms with E-state index in [0.29, 0.717) is 55.2 Å². The molecule has 0 spiro atoms. The summed E-state index contributed by atoms with van der Waals surface area (Å²) >= 11 is 7.31. The molecule has 1 fully saturated rings. The Morgan fingerprint density at radius 1 is 1.32 bits per heavy atom. The zero-order chi connectivity index (χ0) is 17.2. The van der Waals surface area contributed by atoms with Crippen LogP contribution in [-0.4, -0.2) is 59.3 Å². The van der Waals surface area contributed by atoms with Crippen molar-refractivity contribution in [2.45, 2.75) is 12.6 Å². The van der Waals surface area contributed by atoms with E-state index < -0.39 is 6.10 Å². The lowest BCUT2D eigenvalue weighted by Crippen LogP contribution is -2.52. The molecule has 1 saturated heterocycles. The van der Waals surface area contributed by atoms with Gasteiger partial charge in [-0.3, -0.25) is 4.79 Å². The number of carbonyl (C=O) groups is 1. The highest BCUT2D eigenvalue weighted by molar-refractivity contribution is 7.10. The summed E-state index contributed by atoms with van der Waals surface area (Å²) in [6, 6.07) is 7.69. The Bertz CT molecular complexity index is 765. The molecule has 2 aliphatic heterocycles. The number of hydrogen-bond donors (Lipinski definition) is 0. The molecule has 2 aliphatic rings. The van der Waals surface area contributed by atoms with E-state index in [9.17, 15) is 4.79 Å². The smallest absolute Gasteiger partial charge is 0.265 e. The average molecular weight is 381 g/mol. The van der Waals surface area contributed by atoms with Crippen LogP contribution in [-0.2, 0) is 16.1 Å². The van der Waals surface area contributed by atoms with Crippen molar-refractivity contribution in [2.24, 2.45) is 0 Å². The van der Waals surface area contributed by atoms with Gasteiger partial charge in [0.05, 0.1) is 32.0 Å². The highest BCUT2D eigenvalue weighted by atomic mass is 35.5. The van der Waals surface area contributed by atoms with Crippen molar-refractivity contribution in [3.63, 3.8) is 0 Å². The molecular weight excluding hydrogens is 364 g/mol. The standard InChI is InChI=1S/C16H17ClN4O3S/c17-15-11(18-19-25-15)9-21-10-14(16(22)20-5-7-23-8-6-20)24-13-4-2-1-3-12(13)21/h1-4,14H,5-10H2/t14-/m0/s1. The van der Waals surface area contributed by atoms with E-state index in [1.165, 1.54) is 0 Å². The van der Waals surface area contributed by atoms with E-state index in [1.54, 1.807) is 4.90 Å². The number of morpholine rings is 1. The molecule has 25 heavy (non-hydrogen) atoms. The number of aromatic nitrogens is 2. The van der Waals surface area contributed by atoms with Gasteiger partial charge in [0.25, 0.3) is 5.91 Å². The largest absolute Gasteiger partial charge is 0.477 e. The topological polar surface area (TPSA) is 67.8 Å². The van der Waals surface area contributed by atoms with Crippen LogP contribution < -0.4 is 9.64 Å². The molecule has 132 valence electrons. The summed E-state index contributed by atoms with van der Waals surface area (Å²) in [7, 11) is 0. The van der Waals surface area contributed by atoms with E-state index >= 15 is 0 Å². The lowest BCUT2D eigenvalue weighted by atomic mass is 10.1. The van der Waals surface area contributed by atoms with Crippen LogP contribution in [0.2, 0.25) is 4.34 Å². The number of fused-ring (bicyclic) bond motifs is 1. The number of rotatable bonds is 3. The summed E-state index contributed by atoms with van der Waals surface area (Å²) < 4.78 is 15.8. The van der Waals surface area contributed by atoms with Gasteiger partial charge < -0.3 is 19.3 Å². The third kappa shape index (κ3) is 3.42. The van der Waals surface area contributed by atoms with Crippen molar-refractivity contribution in [3.8, 4) is 5.75 Å². The monoisotopic (exact) mass is 380 g/mol. The van der Waals surface area contributed by atoms with E-state index in [2.05, 4.69) is 14.5 Å². The minimum atomic E-state index is -0.557. The van der Waals surface area contributed by atoms with Gasteiger partial charge in [-0.25, -0.2) is 0 Å². The summed E-state index contributed by atoms with van der Waals surface area (Å²) in [6.07, 6.45) is -0.557.